The molecule has 2 N–H and O–H groups in total. The van der Waals surface area contributed by atoms with Gasteiger partial charge in [0.2, 0.25) is 0 Å². The van der Waals surface area contributed by atoms with Gasteiger partial charge in [0.25, 0.3) is 5.91 Å². The summed E-state index contributed by atoms with van der Waals surface area (Å²) in [6.07, 6.45) is -9.48. The van der Waals surface area contributed by atoms with Gasteiger partial charge in [-0.05, 0) is 36.4 Å². The van der Waals surface area contributed by atoms with Crippen LogP contribution in [0.5, 0.6) is 0 Å². The zero-order valence-electron chi connectivity index (χ0n) is 13.0. The van der Waals surface area contributed by atoms with Gasteiger partial charge in [-0.25, -0.2) is 0 Å². The Morgan fingerprint density at radius 2 is 1.67 bits per heavy atom. The van der Waals surface area contributed by atoms with Crippen LogP contribution in [-0.2, 0) is 12.4 Å². The number of rotatable bonds is 3. The van der Waals surface area contributed by atoms with E-state index in [2.05, 4.69) is 0 Å². The number of benzene rings is 2. The summed E-state index contributed by atoms with van der Waals surface area (Å²) in [4.78, 5) is 12.0. The van der Waals surface area contributed by atoms with Gasteiger partial charge in [-0.3, -0.25) is 15.6 Å². The van der Waals surface area contributed by atoms with E-state index in [1.165, 1.54) is 0 Å². The normalized spacial score (nSPS) is 11.6. The summed E-state index contributed by atoms with van der Waals surface area (Å²) in [5.74, 6) is -1.05. The van der Waals surface area contributed by atoms with Crippen molar-refractivity contribution in [2.45, 2.75) is 12.4 Å². The average molecular weight is 408 g/mol. The molecule has 2 aromatic rings. The quantitative estimate of drug-likeness (QED) is 0.555. The van der Waals surface area contributed by atoms with Crippen LogP contribution in [0.25, 0.3) is 0 Å². The summed E-state index contributed by atoms with van der Waals surface area (Å²) in [6, 6.07) is 6.10. The highest BCUT2D eigenvalue weighted by atomic mass is 35.5. The van der Waals surface area contributed by atoms with E-state index in [9.17, 15) is 31.1 Å². The van der Waals surface area contributed by atoms with Crippen LogP contribution in [0.2, 0.25) is 5.02 Å². The molecule has 0 bridgehead atoms. The minimum absolute atomic E-state index is 0.245. The van der Waals surface area contributed by atoms with Crippen LogP contribution in [0.1, 0.15) is 27.0 Å². The Hall–Kier alpha value is -2.93. The van der Waals surface area contributed by atoms with Crippen molar-refractivity contribution < 1.29 is 31.1 Å². The molecule has 0 saturated carbocycles. The van der Waals surface area contributed by atoms with Crippen LogP contribution in [0.3, 0.4) is 0 Å². The Bertz CT molecular complexity index is 918. The molecule has 27 heavy (non-hydrogen) atoms. The van der Waals surface area contributed by atoms with Gasteiger partial charge >= 0.3 is 12.4 Å². The second-order valence-corrected chi connectivity index (χ2v) is 5.55. The fourth-order valence-corrected chi connectivity index (χ4v) is 2.29. The van der Waals surface area contributed by atoms with Gasteiger partial charge in [0.1, 0.15) is 0 Å². The molecule has 0 saturated heterocycles. The maximum absolute atomic E-state index is 13.0. The lowest BCUT2D eigenvalue weighted by atomic mass is 10.1. The molecule has 0 unspecified atom stereocenters. The van der Waals surface area contributed by atoms with Gasteiger partial charge in [0.15, 0.2) is 0 Å². The van der Waals surface area contributed by atoms with E-state index >= 15 is 0 Å². The Morgan fingerprint density at radius 1 is 1.00 bits per heavy atom. The molecule has 0 radical (unpaired) electrons. The number of carbonyl (C=O) groups excluding carboxylic acids is 1. The zero-order valence-corrected chi connectivity index (χ0v) is 13.7. The lowest BCUT2D eigenvalue weighted by molar-refractivity contribution is -0.138. The van der Waals surface area contributed by atoms with Crippen molar-refractivity contribution in [3.05, 3.63) is 63.7 Å². The minimum atomic E-state index is -4.81. The van der Waals surface area contributed by atoms with E-state index in [-0.39, 0.29) is 11.1 Å². The first kappa shape index (κ1) is 20.4. The Morgan fingerprint density at radius 3 is 2.19 bits per heavy atom. The van der Waals surface area contributed by atoms with Gasteiger partial charge in [-0.1, -0.05) is 11.6 Å². The molecule has 11 heteroatoms. The number of nitriles is 1. The standard InChI is InChI=1S/C16H8ClF6N3O/c17-12-6-9(15(18,19)20)2-3-10(12)14(27)26-25-13-4-1-8(7-24)5-11(13)16(21,22)23/h1-6,25H,(H,26,27). The smallest absolute Gasteiger partial charge is 0.298 e. The van der Waals surface area contributed by atoms with Gasteiger partial charge in [0.05, 0.1) is 39.0 Å². The number of amides is 1. The third-order valence-electron chi connectivity index (χ3n) is 3.31. The molecule has 0 aliphatic rings. The summed E-state index contributed by atoms with van der Waals surface area (Å²) in [5, 5.41) is 8.17. The van der Waals surface area contributed by atoms with E-state index in [0.29, 0.717) is 18.2 Å². The number of halogens is 7. The lowest BCUT2D eigenvalue weighted by Gasteiger charge is -2.16. The minimum Gasteiger partial charge on any atom is -0.298 e. The van der Waals surface area contributed by atoms with Crippen LogP contribution in [0, 0.1) is 11.3 Å². The summed E-state index contributed by atoms with van der Waals surface area (Å²) >= 11 is 5.65. The first-order valence-corrected chi connectivity index (χ1v) is 7.35. The second-order valence-electron chi connectivity index (χ2n) is 5.14. The van der Waals surface area contributed by atoms with Crippen LogP contribution in [-0.4, -0.2) is 5.91 Å². The van der Waals surface area contributed by atoms with Gasteiger partial charge in [-0.2, -0.15) is 31.6 Å². The van der Waals surface area contributed by atoms with E-state index in [1.54, 1.807) is 6.07 Å². The molecule has 142 valence electrons. The van der Waals surface area contributed by atoms with Crippen molar-refractivity contribution in [2.75, 3.05) is 5.43 Å². The number of hydrogen-bond acceptors (Lipinski definition) is 3. The molecule has 0 aliphatic carbocycles. The predicted molar refractivity (Wildman–Crippen MR) is 83.7 cm³/mol. The second kappa shape index (κ2) is 7.36. The number of nitrogens with one attached hydrogen (secondary N) is 2. The highest BCUT2D eigenvalue weighted by Gasteiger charge is 2.34. The molecule has 0 spiro atoms. The largest absolute Gasteiger partial charge is 0.418 e. The Labute approximate surface area is 153 Å². The molecule has 0 aliphatic heterocycles. The van der Waals surface area contributed by atoms with E-state index in [0.717, 1.165) is 18.2 Å². The van der Waals surface area contributed by atoms with Gasteiger partial charge in [-0.15, -0.1) is 0 Å². The molecule has 0 aromatic heterocycles. The predicted octanol–water partition coefficient (Wildman–Crippen LogP) is 5.01. The molecular formula is C16H8ClF6N3O. The van der Waals surface area contributed by atoms with Crippen LogP contribution >= 0.6 is 11.6 Å². The molecule has 0 heterocycles. The van der Waals surface area contributed by atoms with E-state index in [4.69, 9.17) is 16.9 Å². The van der Waals surface area contributed by atoms with Crippen molar-refractivity contribution >= 4 is 23.2 Å². The average Bonchev–Trinajstić information content (AvgIpc) is 2.57. The topological polar surface area (TPSA) is 64.9 Å². The van der Waals surface area contributed by atoms with E-state index in [1.807, 2.05) is 10.9 Å². The molecular weight excluding hydrogens is 400 g/mol. The maximum atomic E-state index is 13.0. The first-order chi connectivity index (χ1) is 12.4. The Kier molecular flexibility index (Phi) is 5.56. The molecule has 4 nitrogen and oxygen atoms in total. The van der Waals surface area contributed by atoms with Crippen LogP contribution in [0.15, 0.2) is 36.4 Å². The Balaban J connectivity index is 2.23. The van der Waals surface area contributed by atoms with Crippen molar-refractivity contribution in [1.29, 1.82) is 5.26 Å². The van der Waals surface area contributed by atoms with Crippen molar-refractivity contribution in [2.24, 2.45) is 0 Å². The number of hydrazine groups is 1. The molecule has 2 rings (SSSR count). The van der Waals surface area contributed by atoms with Crippen LogP contribution < -0.4 is 10.9 Å². The fourth-order valence-electron chi connectivity index (χ4n) is 2.02. The van der Waals surface area contributed by atoms with Gasteiger partial charge in [0, 0.05) is 0 Å². The highest BCUT2D eigenvalue weighted by Crippen LogP contribution is 2.35. The fraction of sp³-hybridized carbons (Fsp3) is 0.125. The zero-order chi connectivity index (χ0) is 20.4. The number of hydrogen-bond donors (Lipinski definition) is 2. The number of anilines is 1. The summed E-state index contributed by atoms with van der Waals surface area (Å²) in [6.45, 7) is 0. The van der Waals surface area contributed by atoms with Gasteiger partial charge < -0.3 is 0 Å². The summed E-state index contributed by atoms with van der Waals surface area (Å²) < 4.78 is 76.9. The van der Waals surface area contributed by atoms with Crippen LogP contribution in [0.4, 0.5) is 32.0 Å². The lowest BCUT2D eigenvalue weighted by Crippen LogP contribution is -2.31. The highest BCUT2D eigenvalue weighted by molar-refractivity contribution is 6.33. The summed E-state index contributed by atoms with van der Waals surface area (Å²) in [7, 11) is 0. The molecule has 0 atom stereocenters. The van der Waals surface area contributed by atoms with E-state index < -0.39 is 40.1 Å². The first-order valence-electron chi connectivity index (χ1n) is 6.98. The van der Waals surface area contributed by atoms with Crippen molar-refractivity contribution in [3.63, 3.8) is 0 Å². The third kappa shape index (κ3) is 4.83. The van der Waals surface area contributed by atoms with Crippen molar-refractivity contribution in [1.82, 2.24) is 5.43 Å². The molecule has 1 amide bonds. The number of nitrogens with zero attached hydrogens (tertiary/aromatic N) is 1. The summed E-state index contributed by atoms with van der Waals surface area (Å²) in [5.41, 5.74) is 0.492. The molecule has 0 fully saturated rings. The number of alkyl halides is 6. The monoisotopic (exact) mass is 407 g/mol. The molecule has 2 aromatic carbocycles. The number of carbonyl (C=O) groups is 1. The SMILES string of the molecule is N#Cc1ccc(NNC(=O)c2ccc(C(F)(F)F)cc2Cl)c(C(F)(F)F)c1. The third-order valence-corrected chi connectivity index (χ3v) is 3.62. The van der Waals surface area contributed by atoms with Crippen molar-refractivity contribution in [3.8, 4) is 6.07 Å². The maximum Gasteiger partial charge on any atom is 0.418 e.